The highest BCUT2D eigenvalue weighted by atomic mass is 35.5. The molecular formula is C18H17ClO4. The van der Waals surface area contributed by atoms with Crippen molar-refractivity contribution in [3.63, 3.8) is 0 Å². The summed E-state index contributed by atoms with van der Waals surface area (Å²) in [6, 6.07) is 10.0. The van der Waals surface area contributed by atoms with Crippen LogP contribution in [0.1, 0.15) is 40.1 Å². The minimum Gasteiger partial charge on any atom is -0.496 e. The Bertz CT molecular complexity index is 753. The Balaban J connectivity index is 2.29. The van der Waals surface area contributed by atoms with Crippen LogP contribution < -0.4 is 9.47 Å². The summed E-state index contributed by atoms with van der Waals surface area (Å²) in [6.07, 6.45) is 0. The van der Waals surface area contributed by atoms with Gasteiger partial charge >= 0.3 is 0 Å². The summed E-state index contributed by atoms with van der Waals surface area (Å²) >= 11 is 5.92. The summed E-state index contributed by atoms with van der Waals surface area (Å²) in [6.45, 7) is 3.13. The van der Waals surface area contributed by atoms with Crippen molar-refractivity contribution in [1.29, 1.82) is 0 Å². The third kappa shape index (κ3) is 4.11. The third-order valence-corrected chi connectivity index (χ3v) is 3.63. The van der Waals surface area contributed by atoms with Gasteiger partial charge in [0.05, 0.1) is 12.7 Å². The lowest BCUT2D eigenvalue weighted by Crippen LogP contribution is -2.04. The average Bonchev–Trinajstić information content (AvgIpc) is 2.53. The zero-order valence-electron chi connectivity index (χ0n) is 13.2. The maximum atomic E-state index is 11.7. The smallest absolute Gasteiger partial charge is 0.163 e. The highest BCUT2D eigenvalue weighted by molar-refractivity contribution is 6.31. The Morgan fingerprint density at radius 2 is 1.70 bits per heavy atom. The van der Waals surface area contributed by atoms with Crippen molar-refractivity contribution in [3.8, 4) is 11.5 Å². The molecule has 0 atom stereocenters. The Kier molecular flexibility index (Phi) is 5.40. The first-order valence-electron chi connectivity index (χ1n) is 7.03. The van der Waals surface area contributed by atoms with Gasteiger partial charge in [-0.1, -0.05) is 11.6 Å². The van der Waals surface area contributed by atoms with Crippen LogP contribution in [0.15, 0.2) is 36.4 Å². The summed E-state index contributed by atoms with van der Waals surface area (Å²) in [5.74, 6) is 0.891. The molecule has 0 aliphatic heterocycles. The molecule has 0 aliphatic rings. The van der Waals surface area contributed by atoms with Crippen molar-refractivity contribution in [2.75, 3.05) is 7.11 Å². The molecule has 2 aromatic rings. The van der Waals surface area contributed by atoms with Crippen molar-refractivity contribution in [3.05, 3.63) is 58.1 Å². The van der Waals surface area contributed by atoms with E-state index in [9.17, 15) is 9.59 Å². The minimum atomic E-state index is -0.132. The maximum Gasteiger partial charge on any atom is 0.163 e. The molecule has 0 spiro atoms. The van der Waals surface area contributed by atoms with Gasteiger partial charge in [0.2, 0.25) is 0 Å². The number of carbonyl (C=O) groups excluding carboxylic acids is 2. The molecule has 0 radical (unpaired) electrons. The highest BCUT2D eigenvalue weighted by Gasteiger charge is 2.12. The predicted octanol–water partition coefficient (Wildman–Crippen LogP) is 4.33. The zero-order valence-corrected chi connectivity index (χ0v) is 13.9. The first-order chi connectivity index (χ1) is 10.9. The van der Waals surface area contributed by atoms with Crippen LogP contribution in [0.2, 0.25) is 5.02 Å². The van der Waals surface area contributed by atoms with Crippen molar-refractivity contribution >= 4 is 23.2 Å². The molecule has 0 saturated carbocycles. The molecule has 0 amide bonds. The van der Waals surface area contributed by atoms with Gasteiger partial charge in [0.25, 0.3) is 0 Å². The Labute approximate surface area is 140 Å². The molecule has 0 unspecified atom stereocenters. The van der Waals surface area contributed by atoms with E-state index in [4.69, 9.17) is 21.1 Å². The second-order valence-corrected chi connectivity index (χ2v) is 5.50. The van der Waals surface area contributed by atoms with Gasteiger partial charge in [-0.05, 0) is 50.2 Å². The van der Waals surface area contributed by atoms with Gasteiger partial charge in [0.1, 0.15) is 18.1 Å². The fraction of sp³-hybridized carbons (Fsp3) is 0.222. The summed E-state index contributed by atoms with van der Waals surface area (Å²) in [4.78, 5) is 23.2. The van der Waals surface area contributed by atoms with E-state index in [0.29, 0.717) is 27.6 Å². The Morgan fingerprint density at radius 3 is 2.30 bits per heavy atom. The normalized spacial score (nSPS) is 10.3. The molecule has 0 aromatic heterocycles. The van der Waals surface area contributed by atoms with Crippen LogP contribution in [0.4, 0.5) is 0 Å². The average molecular weight is 333 g/mol. The van der Waals surface area contributed by atoms with E-state index in [1.807, 2.05) is 0 Å². The number of hydrogen-bond donors (Lipinski definition) is 0. The van der Waals surface area contributed by atoms with Crippen molar-refractivity contribution in [2.24, 2.45) is 0 Å². The number of methoxy groups -OCH3 is 1. The second kappa shape index (κ2) is 7.29. The standard InChI is InChI=1S/C18H17ClO4/c1-11(20)13-4-6-17(22-3)14(8-13)10-23-18-7-5-15(19)9-16(18)12(2)21/h4-9H,10H2,1-3H3. The lowest BCUT2D eigenvalue weighted by atomic mass is 10.1. The molecule has 0 saturated heterocycles. The number of ether oxygens (including phenoxy) is 2. The quantitative estimate of drug-likeness (QED) is 0.739. The van der Waals surface area contributed by atoms with Crippen molar-refractivity contribution < 1.29 is 19.1 Å². The summed E-state index contributed by atoms with van der Waals surface area (Å²) < 4.78 is 11.0. The van der Waals surface area contributed by atoms with Gasteiger partial charge in [-0.25, -0.2) is 0 Å². The maximum absolute atomic E-state index is 11.7. The number of carbonyl (C=O) groups is 2. The number of Topliss-reactive ketones (excluding diaryl/α,β-unsaturated/α-hetero) is 2. The number of benzene rings is 2. The summed E-state index contributed by atoms with van der Waals surface area (Å²) in [5, 5.41) is 0.471. The van der Waals surface area contributed by atoms with Gasteiger partial charge in [-0.15, -0.1) is 0 Å². The van der Waals surface area contributed by atoms with Gasteiger partial charge in [0, 0.05) is 16.1 Å². The Hall–Kier alpha value is -2.33. The third-order valence-electron chi connectivity index (χ3n) is 3.39. The van der Waals surface area contributed by atoms with Crippen LogP contribution >= 0.6 is 11.6 Å². The molecule has 4 nitrogen and oxygen atoms in total. The van der Waals surface area contributed by atoms with Gasteiger partial charge in [0.15, 0.2) is 11.6 Å². The van der Waals surface area contributed by atoms with E-state index in [1.54, 1.807) is 43.5 Å². The van der Waals surface area contributed by atoms with Crippen molar-refractivity contribution in [2.45, 2.75) is 20.5 Å². The van der Waals surface area contributed by atoms with Crippen LogP contribution in [0.5, 0.6) is 11.5 Å². The van der Waals surface area contributed by atoms with Crippen molar-refractivity contribution in [1.82, 2.24) is 0 Å². The van der Waals surface area contributed by atoms with Crippen LogP contribution in [0, 0.1) is 0 Å². The predicted molar refractivity (Wildman–Crippen MR) is 88.8 cm³/mol. The molecule has 23 heavy (non-hydrogen) atoms. The van der Waals surface area contributed by atoms with E-state index >= 15 is 0 Å². The number of ketones is 2. The highest BCUT2D eigenvalue weighted by Crippen LogP contribution is 2.26. The fourth-order valence-corrected chi connectivity index (χ4v) is 2.34. The molecule has 0 fully saturated rings. The SMILES string of the molecule is COc1ccc(C(C)=O)cc1COc1ccc(Cl)cc1C(C)=O. The number of rotatable bonds is 6. The summed E-state index contributed by atoms with van der Waals surface area (Å²) in [7, 11) is 1.55. The molecular weight excluding hydrogens is 316 g/mol. The van der Waals surface area contributed by atoms with E-state index in [0.717, 1.165) is 5.56 Å². The van der Waals surface area contributed by atoms with E-state index < -0.39 is 0 Å². The van der Waals surface area contributed by atoms with Crippen LogP contribution in [-0.4, -0.2) is 18.7 Å². The van der Waals surface area contributed by atoms with Crippen LogP contribution in [0.25, 0.3) is 0 Å². The molecule has 0 bridgehead atoms. The molecule has 120 valence electrons. The van der Waals surface area contributed by atoms with Gasteiger partial charge in [-0.2, -0.15) is 0 Å². The van der Waals surface area contributed by atoms with Gasteiger partial charge in [-0.3, -0.25) is 9.59 Å². The molecule has 2 aromatic carbocycles. The summed E-state index contributed by atoms with van der Waals surface area (Å²) in [5.41, 5.74) is 1.72. The monoisotopic (exact) mass is 332 g/mol. The zero-order chi connectivity index (χ0) is 17.0. The van der Waals surface area contributed by atoms with E-state index in [2.05, 4.69) is 0 Å². The molecule has 0 aliphatic carbocycles. The van der Waals surface area contributed by atoms with E-state index in [-0.39, 0.29) is 18.2 Å². The second-order valence-electron chi connectivity index (χ2n) is 5.07. The van der Waals surface area contributed by atoms with Gasteiger partial charge < -0.3 is 9.47 Å². The molecule has 2 rings (SSSR count). The van der Waals surface area contributed by atoms with Crippen LogP contribution in [0.3, 0.4) is 0 Å². The molecule has 0 N–H and O–H groups in total. The fourth-order valence-electron chi connectivity index (χ4n) is 2.17. The van der Waals surface area contributed by atoms with Crippen LogP contribution in [-0.2, 0) is 6.61 Å². The Morgan fingerprint density at radius 1 is 1.00 bits per heavy atom. The molecule has 0 heterocycles. The molecule has 5 heteroatoms. The van der Waals surface area contributed by atoms with E-state index in [1.165, 1.54) is 13.8 Å². The lowest BCUT2D eigenvalue weighted by Gasteiger charge is -2.13. The number of halogens is 1. The first-order valence-corrected chi connectivity index (χ1v) is 7.41. The minimum absolute atomic E-state index is 0.0372. The topological polar surface area (TPSA) is 52.6 Å². The first kappa shape index (κ1) is 17.0. The number of hydrogen-bond acceptors (Lipinski definition) is 4. The largest absolute Gasteiger partial charge is 0.496 e. The lowest BCUT2D eigenvalue weighted by molar-refractivity contribution is 0.100.